The molecule has 1 unspecified atom stereocenters. The topological polar surface area (TPSA) is 32.8 Å². The molecule has 0 aromatic heterocycles. The number of para-hydroxylation sites is 1. The van der Waals surface area contributed by atoms with E-state index in [1.807, 2.05) is 59.5 Å². The van der Waals surface area contributed by atoms with Crippen LogP contribution in [0.5, 0.6) is 0 Å². The van der Waals surface area contributed by atoms with Crippen molar-refractivity contribution in [1.29, 1.82) is 0 Å². The van der Waals surface area contributed by atoms with Crippen molar-refractivity contribution in [2.24, 2.45) is 0 Å². The molecule has 1 atom stereocenters. The zero-order valence-electron chi connectivity index (χ0n) is 14.0. The molecule has 1 amide bonds. The third-order valence-electron chi connectivity index (χ3n) is 4.07. The summed E-state index contributed by atoms with van der Waals surface area (Å²) in [6.07, 6.45) is 0.154. The van der Waals surface area contributed by atoms with Gasteiger partial charge in [0, 0.05) is 11.3 Å². The highest BCUT2D eigenvalue weighted by atomic mass is 16.6. The van der Waals surface area contributed by atoms with Crippen LogP contribution in [0.2, 0.25) is 0 Å². The van der Waals surface area contributed by atoms with Gasteiger partial charge in [0.1, 0.15) is 0 Å². The van der Waals surface area contributed by atoms with E-state index < -0.39 is 0 Å². The monoisotopic (exact) mass is 309 g/mol. The molecular formula is C20H23NO2. The number of carbonyl (C=O) groups excluding carboxylic acids is 1. The van der Waals surface area contributed by atoms with Gasteiger partial charge in [-0.15, -0.1) is 0 Å². The number of benzene rings is 2. The van der Waals surface area contributed by atoms with Crippen LogP contribution in [0.1, 0.15) is 36.7 Å². The highest BCUT2D eigenvalue weighted by Gasteiger charge is 2.31. The third kappa shape index (κ3) is 3.62. The fourth-order valence-electron chi connectivity index (χ4n) is 2.76. The zero-order valence-corrected chi connectivity index (χ0v) is 14.0. The van der Waals surface area contributed by atoms with Crippen LogP contribution in [0, 0.1) is 0 Å². The number of anilines is 1. The number of amides is 1. The normalized spacial score (nSPS) is 16.9. The molecule has 1 aliphatic heterocycles. The molecule has 0 N–H and O–H groups in total. The van der Waals surface area contributed by atoms with Crippen LogP contribution >= 0.6 is 0 Å². The van der Waals surface area contributed by atoms with Crippen LogP contribution in [0.25, 0.3) is 0 Å². The Morgan fingerprint density at radius 3 is 2.30 bits per heavy atom. The smallest absolute Gasteiger partial charge is 0.258 e. The van der Waals surface area contributed by atoms with Crippen LogP contribution in [-0.4, -0.2) is 25.2 Å². The minimum Gasteiger partial charge on any atom is -0.371 e. The highest BCUT2D eigenvalue weighted by molar-refractivity contribution is 6.07. The van der Waals surface area contributed by atoms with Gasteiger partial charge in [0.2, 0.25) is 0 Å². The molecule has 0 saturated carbocycles. The molecule has 1 heterocycles. The first-order chi connectivity index (χ1) is 11.0. The summed E-state index contributed by atoms with van der Waals surface area (Å²) in [6.45, 7) is 7.74. The molecule has 23 heavy (non-hydrogen) atoms. The number of hydrogen-bond donors (Lipinski definition) is 0. The summed E-state index contributed by atoms with van der Waals surface area (Å²) in [5.41, 5.74) is 2.67. The molecule has 3 heteroatoms. The molecule has 3 nitrogen and oxygen atoms in total. The zero-order chi connectivity index (χ0) is 16.4. The van der Waals surface area contributed by atoms with Crippen molar-refractivity contribution in [2.45, 2.75) is 32.3 Å². The molecular weight excluding hydrogens is 286 g/mol. The molecule has 0 radical (unpaired) electrons. The van der Waals surface area contributed by atoms with Gasteiger partial charge in [0.25, 0.3) is 5.91 Å². The second-order valence-electron chi connectivity index (χ2n) is 7.00. The second kappa shape index (κ2) is 6.17. The SMILES string of the molecule is CC(C)(C)c1ccccc1C(=O)N(CC1CO1)c1ccccc1. The van der Waals surface area contributed by atoms with Gasteiger partial charge in [-0.3, -0.25) is 4.79 Å². The molecule has 2 aromatic carbocycles. The van der Waals surface area contributed by atoms with Gasteiger partial charge < -0.3 is 9.64 Å². The van der Waals surface area contributed by atoms with Crippen molar-refractivity contribution < 1.29 is 9.53 Å². The van der Waals surface area contributed by atoms with Gasteiger partial charge in [-0.25, -0.2) is 0 Å². The molecule has 3 rings (SSSR count). The summed E-state index contributed by atoms with van der Waals surface area (Å²) in [7, 11) is 0. The maximum Gasteiger partial charge on any atom is 0.258 e. The lowest BCUT2D eigenvalue weighted by molar-refractivity contribution is 0.0982. The van der Waals surface area contributed by atoms with Crippen LogP contribution in [0.15, 0.2) is 54.6 Å². The molecule has 0 spiro atoms. The van der Waals surface area contributed by atoms with E-state index in [-0.39, 0.29) is 17.4 Å². The minimum atomic E-state index is -0.0787. The number of carbonyl (C=O) groups is 1. The van der Waals surface area contributed by atoms with E-state index in [1.165, 1.54) is 0 Å². The van der Waals surface area contributed by atoms with Gasteiger partial charge in [-0.1, -0.05) is 57.2 Å². The Balaban J connectivity index is 1.99. The predicted molar refractivity (Wildman–Crippen MR) is 93.0 cm³/mol. The van der Waals surface area contributed by atoms with E-state index in [0.29, 0.717) is 6.54 Å². The quantitative estimate of drug-likeness (QED) is 0.799. The summed E-state index contributed by atoms with van der Waals surface area (Å²) >= 11 is 0. The van der Waals surface area contributed by atoms with Gasteiger partial charge in [-0.2, -0.15) is 0 Å². The molecule has 2 aromatic rings. The van der Waals surface area contributed by atoms with E-state index in [2.05, 4.69) is 20.8 Å². The molecule has 120 valence electrons. The fraction of sp³-hybridized carbons (Fsp3) is 0.350. The number of ether oxygens (including phenoxy) is 1. The fourth-order valence-corrected chi connectivity index (χ4v) is 2.76. The third-order valence-corrected chi connectivity index (χ3v) is 4.07. The van der Waals surface area contributed by atoms with Crippen molar-refractivity contribution in [3.63, 3.8) is 0 Å². The maximum atomic E-state index is 13.2. The number of rotatable bonds is 4. The Labute approximate surface area is 137 Å². The highest BCUT2D eigenvalue weighted by Crippen LogP contribution is 2.28. The standard InChI is InChI=1S/C20H23NO2/c1-20(2,3)18-12-8-7-11-17(18)19(22)21(13-16-14-23-16)15-9-5-4-6-10-15/h4-12,16H,13-14H2,1-3H3. The second-order valence-corrected chi connectivity index (χ2v) is 7.00. The van der Waals surface area contributed by atoms with Gasteiger partial charge in [0.05, 0.1) is 19.3 Å². The first-order valence-electron chi connectivity index (χ1n) is 8.05. The van der Waals surface area contributed by atoms with Crippen LogP contribution in [0.3, 0.4) is 0 Å². The average Bonchev–Trinajstić information content (AvgIpc) is 3.36. The summed E-state index contributed by atoms with van der Waals surface area (Å²) < 4.78 is 5.35. The minimum absolute atomic E-state index is 0.0391. The summed E-state index contributed by atoms with van der Waals surface area (Å²) in [4.78, 5) is 15.1. The Bertz CT molecular complexity index is 684. The number of epoxide rings is 1. The van der Waals surface area contributed by atoms with Crippen molar-refractivity contribution in [3.05, 3.63) is 65.7 Å². The Morgan fingerprint density at radius 2 is 1.70 bits per heavy atom. The Hall–Kier alpha value is -2.13. The van der Waals surface area contributed by atoms with E-state index in [9.17, 15) is 4.79 Å². The van der Waals surface area contributed by atoms with E-state index in [4.69, 9.17) is 4.74 Å². The van der Waals surface area contributed by atoms with Gasteiger partial charge >= 0.3 is 0 Å². The first-order valence-corrected chi connectivity index (χ1v) is 8.05. The lowest BCUT2D eigenvalue weighted by atomic mass is 9.83. The summed E-state index contributed by atoms with van der Waals surface area (Å²) in [6, 6.07) is 17.7. The summed E-state index contributed by atoms with van der Waals surface area (Å²) in [5, 5.41) is 0. The van der Waals surface area contributed by atoms with Crippen LogP contribution < -0.4 is 4.90 Å². The van der Waals surface area contributed by atoms with Crippen LogP contribution in [-0.2, 0) is 10.2 Å². The lowest BCUT2D eigenvalue weighted by Crippen LogP contribution is -2.36. The van der Waals surface area contributed by atoms with Crippen molar-refractivity contribution >= 4 is 11.6 Å². The van der Waals surface area contributed by atoms with E-state index in [1.54, 1.807) is 0 Å². The molecule has 1 aliphatic rings. The number of hydrogen-bond acceptors (Lipinski definition) is 2. The Kier molecular flexibility index (Phi) is 4.22. The van der Waals surface area contributed by atoms with Crippen molar-refractivity contribution in [2.75, 3.05) is 18.1 Å². The average molecular weight is 309 g/mol. The van der Waals surface area contributed by atoms with E-state index in [0.717, 1.165) is 23.4 Å². The Morgan fingerprint density at radius 1 is 1.09 bits per heavy atom. The largest absolute Gasteiger partial charge is 0.371 e. The molecule has 0 bridgehead atoms. The molecule has 0 aliphatic carbocycles. The van der Waals surface area contributed by atoms with Crippen molar-refractivity contribution in [3.8, 4) is 0 Å². The number of nitrogens with zero attached hydrogens (tertiary/aromatic N) is 1. The molecule has 1 saturated heterocycles. The van der Waals surface area contributed by atoms with Gasteiger partial charge in [-0.05, 0) is 29.2 Å². The van der Waals surface area contributed by atoms with Crippen molar-refractivity contribution in [1.82, 2.24) is 0 Å². The summed E-state index contributed by atoms with van der Waals surface area (Å²) in [5.74, 6) is 0.0391. The molecule has 1 fully saturated rings. The predicted octanol–water partition coefficient (Wildman–Crippen LogP) is 4.03. The lowest BCUT2D eigenvalue weighted by Gasteiger charge is -2.27. The first kappa shape index (κ1) is 15.8. The van der Waals surface area contributed by atoms with Crippen LogP contribution in [0.4, 0.5) is 5.69 Å². The van der Waals surface area contributed by atoms with Gasteiger partial charge in [0.15, 0.2) is 0 Å². The maximum absolute atomic E-state index is 13.2. The van der Waals surface area contributed by atoms with E-state index >= 15 is 0 Å².